The number of hydrogen-bond acceptors (Lipinski definition) is 5. The number of piperidine rings is 1. The number of amides is 2. The Bertz CT molecular complexity index is 1230. The summed E-state index contributed by atoms with van der Waals surface area (Å²) in [5.74, 6) is 0.850. The quantitative estimate of drug-likeness (QED) is 0.632. The van der Waals surface area contributed by atoms with Gasteiger partial charge in [0.15, 0.2) is 5.65 Å². The summed E-state index contributed by atoms with van der Waals surface area (Å²) < 4.78 is 15.7. The zero-order valence-electron chi connectivity index (χ0n) is 17.2. The van der Waals surface area contributed by atoms with Crippen molar-refractivity contribution in [3.05, 3.63) is 53.1 Å². The van der Waals surface area contributed by atoms with E-state index in [-0.39, 0.29) is 17.4 Å². The van der Waals surface area contributed by atoms with E-state index in [1.54, 1.807) is 21.7 Å². The highest BCUT2D eigenvalue weighted by atomic mass is 35.5. The topological polar surface area (TPSA) is 86.0 Å². The van der Waals surface area contributed by atoms with Crippen LogP contribution in [0.25, 0.3) is 5.65 Å². The highest BCUT2D eigenvalue weighted by molar-refractivity contribution is 6.31. The van der Waals surface area contributed by atoms with Crippen LogP contribution in [0.5, 0.6) is 0 Å². The Labute approximate surface area is 188 Å². The van der Waals surface area contributed by atoms with Crippen molar-refractivity contribution in [2.24, 2.45) is 5.92 Å². The number of carbonyl (C=O) groups excluding carboxylic acids is 1. The van der Waals surface area contributed by atoms with Crippen LogP contribution >= 0.6 is 11.6 Å². The molecule has 10 heteroatoms. The Morgan fingerprint density at radius 3 is 2.94 bits per heavy atom. The summed E-state index contributed by atoms with van der Waals surface area (Å²) in [7, 11) is 0. The zero-order valence-corrected chi connectivity index (χ0v) is 18.0. The fourth-order valence-corrected chi connectivity index (χ4v) is 5.60. The molecule has 0 spiro atoms. The Morgan fingerprint density at radius 2 is 2.16 bits per heavy atom. The summed E-state index contributed by atoms with van der Waals surface area (Å²) in [4.78, 5) is 21.2. The average Bonchev–Trinajstić information content (AvgIpc) is 3.10. The van der Waals surface area contributed by atoms with Crippen molar-refractivity contribution in [2.75, 3.05) is 29.9 Å². The number of nitrogens with one attached hydrogen (secondary N) is 1. The van der Waals surface area contributed by atoms with Crippen LogP contribution in [0.2, 0.25) is 5.02 Å². The van der Waals surface area contributed by atoms with Crippen molar-refractivity contribution < 1.29 is 14.3 Å². The summed E-state index contributed by atoms with van der Waals surface area (Å²) in [6.07, 6.45) is 5.36. The number of β-amino-alcohol motifs (C(OH)–C–C–N with tert-alkyl or cyclic N) is 1. The number of carbonyl (C=O) groups is 1. The van der Waals surface area contributed by atoms with Gasteiger partial charge in [-0.2, -0.15) is 5.10 Å². The number of aliphatic hydroxyl groups excluding tert-OH is 1. The number of rotatable bonds is 3. The maximum absolute atomic E-state index is 14.0. The maximum atomic E-state index is 14.0. The van der Waals surface area contributed by atoms with Crippen LogP contribution in [0.1, 0.15) is 24.8 Å². The van der Waals surface area contributed by atoms with E-state index in [0.29, 0.717) is 41.8 Å². The van der Waals surface area contributed by atoms with Gasteiger partial charge in [-0.25, -0.2) is 18.7 Å². The number of halogens is 2. The predicted octanol–water partition coefficient (Wildman–Crippen LogP) is 3.25. The number of fused-ring (bicyclic) bond motifs is 2. The van der Waals surface area contributed by atoms with Crippen molar-refractivity contribution >= 4 is 34.8 Å². The maximum Gasteiger partial charge on any atom is 0.322 e. The Morgan fingerprint density at radius 1 is 1.28 bits per heavy atom. The van der Waals surface area contributed by atoms with E-state index in [2.05, 4.69) is 15.3 Å². The summed E-state index contributed by atoms with van der Waals surface area (Å²) in [6, 6.07) is 6.13. The van der Waals surface area contributed by atoms with E-state index in [0.717, 1.165) is 30.8 Å². The van der Waals surface area contributed by atoms with Gasteiger partial charge in [-0.1, -0.05) is 11.6 Å². The predicted molar refractivity (Wildman–Crippen MR) is 117 cm³/mol. The molecule has 3 aromatic rings. The smallest absolute Gasteiger partial charge is 0.322 e. The van der Waals surface area contributed by atoms with Gasteiger partial charge >= 0.3 is 6.03 Å². The molecular formula is C22H22ClFN6O2. The lowest BCUT2D eigenvalue weighted by Crippen LogP contribution is -2.34. The van der Waals surface area contributed by atoms with Crippen molar-refractivity contribution in [3.8, 4) is 0 Å². The molecule has 2 aliphatic heterocycles. The summed E-state index contributed by atoms with van der Waals surface area (Å²) >= 11 is 6.48. The Hall–Kier alpha value is -2.91. The second kappa shape index (κ2) is 7.05. The molecule has 2 aromatic heterocycles. The number of benzene rings is 1. The highest BCUT2D eigenvalue weighted by Crippen LogP contribution is 2.64. The van der Waals surface area contributed by atoms with E-state index in [9.17, 15) is 14.3 Å². The number of hydrogen-bond donors (Lipinski definition) is 2. The first-order valence-corrected chi connectivity index (χ1v) is 11.1. The van der Waals surface area contributed by atoms with Gasteiger partial charge in [0.25, 0.3) is 0 Å². The van der Waals surface area contributed by atoms with Crippen LogP contribution in [0.3, 0.4) is 0 Å². The summed E-state index contributed by atoms with van der Waals surface area (Å²) in [5.41, 5.74) is 1.49. The van der Waals surface area contributed by atoms with Gasteiger partial charge in [-0.15, -0.1) is 0 Å². The van der Waals surface area contributed by atoms with Gasteiger partial charge in [-0.05, 0) is 55.0 Å². The Balaban J connectivity index is 1.33. The molecule has 3 aliphatic rings. The molecule has 6 rings (SSSR count). The first-order chi connectivity index (χ1) is 15.5. The molecule has 2 N–H and O–H groups in total. The SMILES string of the molecule is O=C(Nc1cnn2ccc(N3CC[C@H]4C[C@]43c3cc(F)ccc3Cl)nc12)N1CC[C@H](O)C1. The fourth-order valence-electron chi connectivity index (χ4n) is 5.31. The monoisotopic (exact) mass is 456 g/mol. The van der Waals surface area contributed by atoms with E-state index in [4.69, 9.17) is 16.6 Å². The zero-order chi connectivity index (χ0) is 22.0. The van der Waals surface area contributed by atoms with Crippen LogP contribution in [-0.2, 0) is 5.54 Å². The van der Waals surface area contributed by atoms with Crippen LogP contribution in [0, 0.1) is 11.7 Å². The van der Waals surface area contributed by atoms with Crippen LogP contribution < -0.4 is 10.2 Å². The third kappa shape index (κ3) is 2.95. The van der Waals surface area contributed by atoms with Crippen LogP contribution in [0.4, 0.5) is 20.7 Å². The van der Waals surface area contributed by atoms with E-state index >= 15 is 0 Å². The lowest BCUT2D eigenvalue weighted by Gasteiger charge is -2.30. The minimum Gasteiger partial charge on any atom is -0.391 e. The van der Waals surface area contributed by atoms with Gasteiger partial charge in [-0.3, -0.25) is 0 Å². The summed E-state index contributed by atoms with van der Waals surface area (Å²) in [6.45, 7) is 1.62. The first-order valence-electron chi connectivity index (χ1n) is 10.8. The molecule has 2 amide bonds. The summed E-state index contributed by atoms with van der Waals surface area (Å²) in [5, 5.41) is 17.4. The van der Waals surface area contributed by atoms with Gasteiger partial charge in [0.2, 0.25) is 0 Å². The molecule has 8 nitrogen and oxygen atoms in total. The molecule has 0 radical (unpaired) electrons. The van der Waals surface area contributed by atoms with Crippen LogP contribution in [-0.4, -0.2) is 56.4 Å². The number of urea groups is 1. The first kappa shape index (κ1) is 19.8. The van der Waals surface area contributed by atoms with Gasteiger partial charge in [0.05, 0.1) is 17.8 Å². The van der Waals surface area contributed by atoms with Crippen molar-refractivity contribution in [2.45, 2.75) is 30.9 Å². The molecule has 1 saturated carbocycles. The molecule has 3 fully saturated rings. The molecular weight excluding hydrogens is 435 g/mol. The van der Waals surface area contributed by atoms with E-state index < -0.39 is 6.10 Å². The van der Waals surface area contributed by atoms with Gasteiger partial charge in [0, 0.05) is 30.9 Å². The van der Waals surface area contributed by atoms with E-state index in [1.165, 1.54) is 12.1 Å². The lowest BCUT2D eigenvalue weighted by molar-refractivity contribution is 0.176. The molecule has 1 aromatic carbocycles. The molecule has 4 heterocycles. The minimum absolute atomic E-state index is 0.282. The molecule has 1 aliphatic carbocycles. The molecule has 166 valence electrons. The van der Waals surface area contributed by atoms with E-state index in [1.807, 2.05) is 12.3 Å². The molecule has 0 bridgehead atoms. The van der Waals surface area contributed by atoms with Crippen molar-refractivity contribution in [3.63, 3.8) is 0 Å². The molecule has 3 atom stereocenters. The third-order valence-corrected chi connectivity index (χ3v) is 7.30. The second-order valence-corrected chi connectivity index (χ2v) is 9.23. The van der Waals surface area contributed by atoms with Gasteiger partial charge in [0.1, 0.15) is 17.3 Å². The number of likely N-dealkylation sites (tertiary alicyclic amines) is 1. The lowest BCUT2D eigenvalue weighted by atomic mass is 10.0. The minimum atomic E-state index is -0.484. The standard InChI is InChI=1S/C22H22ClFN6O2/c23-17-2-1-14(24)9-16(17)22-10-13(22)3-7-29(22)19-5-8-30-20(27-19)18(11-25-30)26-21(32)28-6-4-15(31)12-28/h1-2,5,8-9,11,13,15,31H,3-4,6-7,10,12H2,(H,26,32)/t13-,15-,22+/m0/s1. The number of anilines is 2. The average molecular weight is 457 g/mol. The number of aliphatic hydroxyl groups is 1. The van der Waals surface area contributed by atoms with Crippen molar-refractivity contribution in [1.29, 1.82) is 0 Å². The number of aromatic nitrogens is 3. The third-order valence-electron chi connectivity index (χ3n) is 6.97. The van der Waals surface area contributed by atoms with Gasteiger partial charge < -0.3 is 20.2 Å². The largest absolute Gasteiger partial charge is 0.391 e. The number of nitrogens with zero attached hydrogens (tertiary/aromatic N) is 5. The van der Waals surface area contributed by atoms with Crippen molar-refractivity contribution in [1.82, 2.24) is 19.5 Å². The second-order valence-electron chi connectivity index (χ2n) is 8.82. The van der Waals surface area contributed by atoms with Crippen LogP contribution in [0.15, 0.2) is 36.7 Å². The Kier molecular flexibility index (Phi) is 4.35. The molecule has 2 saturated heterocycles. The normalized spacial score (nSPS) is 26.6. The molecule has 32 heavy (non-hydrogen) atoms. The highest BCUT2D eigenvalue weighted by Gasteiger charge is 2.64. The fraction of sp³-hybridized carbons (Fsp3) is 0.409. The molecule has 0 unspecified atom stereocenters.